The molecule has 0 spiro atoms. The number of carboxylic acid groups (broad SMARTS) is 1. The number of anilines is 1. The zero-order chi connectivity index (χ0) is 20.8. The number of phenols is 1. The topological polar surface area (TPSA) is 146 Å². The molecule has 1 aromatic heterocycles. The fourth-order valence-corrected chi connectivity index (χ4v) is 2.08. The minimum atomic E-state index is -5.08. The number of hydrogen-bond acceptors (Lipinski definition) is 6. The van der Waals surface area contributed by atoms with Crippen LogP contribution in [0.2, 0.25) is 0 Å². The molecule has 0 aliphatic carbocycles. The van der Waals surface area contributed by atoms with Crippen LogP contribution < -0.4 is 11.5 Å². The molecule has 2 aromatic rings. The van der Waals surface area contributed by atoms with Gasteiger partial charge in [-0.3, -0.25) is 0 Å². The molecule has 0 aliphatic heterocycles. The SMILES string of the molecule is CC(N)Cc1cc(-c2ccccc2O)nc(N)c1C#N.O=C(O)C(F)(F)F. The number of hydrogen-bond donors (Lipinski definition) is 4. The Morgan fingerprint density at radius 1 is 1.37 bits per heavy atom. The van der Waals surface area contributed by atoms with Gasteiger partial charge in [0.2, 0.25) is 0 Å². The third kappa shape index (κ3) is 6.16. The Bertz CT molecular complexity index is 861. The summed E-state index contributed by atoms with van der Waals surface area (Å²) < 4.78 is 31.7. The lowest BCUT2D eigenvalue weighted by Gasteiger charge is -2.12. The second-order valence-electron chi connectivity index (χ2n) is 5.54. The molecular weight excluding hydrogens is 365 g/mol. The van der Waals surface area contributed by atoms with Gasteiger partial charge in [0.1, 0.15) is 17.6 Å². The standard InChI is InChI=1S/C15H16N4O.C2HF3O2/c1-9(17)6-10-7-13(19-15(18)12(10)8-16)11-4-2-3-5-14(11)20;3-2(4,5)1(6)7/h2-5,7,9,20H,6,17H2,1H3,(H2,18,19);(H,6,7). The van der Waals surface area contributed by atoms with Crippen molar-refractivity contribution in [1.29, 1.82) is 5.26 Å². The van der Waals surface area contributed by atoms with Gasteiger partial charge >= 0.3 is 12.1 Å². The van der Waals surface area contributed by atoms with Gasteiger partial charge in [-0.05, 0) is 37.1 Å². The Morgan fingerprint density at radius 3 is 2.37 bits per heavy atom. The molecule has 10 heteroatoms. The molecule has 1 atom stereocenters. The van der Waals surface area contributed by atoms with E-state index in [9.17, 15) is 18.3 Å². The summed E-state index contributed by atoms with van der Waals surface area (Å²) in [5, 5.41) is 26.2. The molecule has 0 fully saturated rings. The van der Waals surface area contributed by atoms with Gasteiger partial charge < -0.3 is 21.7 Å². The molecule has 1 unspecified atom stereocenters. The van der Waals surface area contributed by atoms with Crippen LogP contribution in [0.5, 0.6) is 5.75 Å². The molecule has 1 heterocycles. The molecule has 6 N–H and O–H groups in total. The monoisotopic (exact) mass is 382 g/mol. The Kier molecular flexibility index (Phi) is 7.13. The number of nitrogens with zero attached hydrogens (tertiary/aromatic N) is 2. The first-order chi connectivity index (χ1) is 12.5. The molecule has 0 saturated heterocycles. The van der Waals surface area contributed by atoms with Gasteiger partial charge in [-0.25, -0.2) is 9.78 Å². The highest BCUT2D eigenvalue weighted by Gasteiger charge is 2.38. The second-order valence-corrected chi connectivity index (χ2v) is 5.54. The normalized spacial score (nSPS) is 11.7. The number of halogens is 3. The Hall–Kier alpha value is -3.32. The van der Waals surface area contributed by atoms with E-state index in [1.807, 2.05) is 6.92 Å². The van der Waals surface area contributed by atoms with Crippen molar-refractivity contribution in [2.45, 2.75) is 25.6 Å². The highest BCUT2D eigenvalue weighted by Crippen LogP contribution is 2.30. The van der Waals surface area contributed by atoms with Gasteiger partial charge in [-0.2, -0.15) is 18.4 Å². The van der Waals surface area contributed by atoms with Gasteiger partial charge in [0.25, 0.3) is 0 Å². The second kappa shape index (κ2) is 8.86. The van der Waals surface area contributed by atoms with Crippen LogP contribution >= 0.6 is 0 Å². The number of benzene rings is 1. The molecular formula is C17H17F3N4O3. The van der Waals surface area contributed by atoms with Crippen LogP contribution in [0.15, 0.2) is 30.3 Å². The number of nitriles is 1. The molecule has 27 heavy (non-hydrogen) atoms. The molecule has 0 amide bonds. The molecule has 144 valence electrons. The zero-order valence-corrected chi connectivity index (χ0v) is 14.2. The Morgan fingerprint density at radius 2 is 1.93 bits per heavy atom. The van der Waals surface area contributed by atoms with E-state index in [1.54, 1.807) is 30.3 Å². The lowest BCUT2D eigenvalue weighted by molar-refractivity contribution is -0.192. The van der Waals surface area contributed by atoms with Gasteiger partial charge in [0.15, 0.2) is 0 Å². The molecule has 0 bridgehead atoms. The van der Waals surface area contributed by atoms with Crippen molar-refractivity contribution in [1.82, 2.24) is 4.98 Å². The summed E-state index contributed by atoms with van der Waals surface area (Å²) in [5.74, 6) is -2.48. The van der Waals surface area contributed by atoms with E-state index >= 15 is 0 Å². The first kappa shape index (κ1) is 21.7. The van der Waals surface area contributed by atoms with Crippen molar-refractivity contribution < 1.29 is 28.2 Å². The number of nitrogen functional groups attached to an aromatic ring is 1. The molecule has 0 aliphatic rings. The van der Waals surface area contributed by atoms with E-state index in [0.29, 0.717) is 23.2 Å². The number of aromatic nitrogens is 1. The number of para-hydroxylation sites is 1. The number of rotatable bonds is 3. The van der Waals surface area contributed by atoms with Crippen molar-refractivity contribution in [2.24, 2.45) is 5.73 Å². The highest BCUT2D eigenvalue weighted by atomic mass is 19.4. The lowest BCUT2D eigenvalue weighted by atomic mass is 9.99. The molecule has 2 rings (SSSR count). The van der Waals surface area contributed by atoms with Crippen LogP contribution in [0.3, 0.4) is 0 Å². The van der Waals surface area contributed by atoms with Gasteiger partial charge in [-0.15, -0.1) is 0 Å². The van der Waals surface area contributed by atoms with Crippen LogP contribution in [0, 0.1) is 11.3 Å². The summed E-state index contributed by atoms with van der Waals surface area (Å²) in [5.41, 5.74) is 13.8. The zero-order valence-electron chi connectivity index (χ0n) is 14.2. The van der Waals surface area contributed by atoms with Crippen LogP contribution in [-0.4, -0.2) is 33.4 Å². The molecule has 0 radical (unpaired) electrons. The first-order valence-corrected chi connectivity index (χ1v) is 7.50. The predicted molar refractivity (Wildman–Crippen MR) is 91.5 cm³/mol. The fourth-order valence-electron chi connectivity index (χ4n) is 2.08. The summed E-state index contributed by atoms with van der Waals surface area (Å²) >= 11 is 0. The number of alkyl halides is 3. The van der Waals surface area contributed by atoms with Crippen LogP contribution in [0.1, 0.15) is 18.1 Å². The lowest BCUT2D eigenvalue weighted by Crippen LogP contribution is -2.21. The van der Waals surface area contributed by atoms with Crippen molar-refractivity contribution >= 4 is 11.8 Å². The molecule has 1 aromatic carbocycles. The third-order valence-corrected chi connectivity index (χ3v) is 3.21. The minimum Gasteiger partial charge on any atom is -0.507 e. The number of carbonyl (C=O) groups is 1. The number of aliphatic carboxylic acids is 1. The highest BCUT2D eigenvalue weighted by molar-refractivity contribution is 5.73. The van der Waals surface area contributed by atoms with E-state index in [4.69, 9.17) is 26.6 Å². The summed E-state index contributed by atoms with van der Waals surface area (Å²) in [4.78, 5) is 13.1. The maximum atomic E-state index is 10.6. The van der Waals surface area contributed by atoms with Crippen molar-refractivity contribution in [3.63, 3.8) is 0 Å². The van der Waals surface area contributed by atoms with Crippen LogP contribution in [0.4, 0.5) is 19.0 Å². The van der Waals surface area contributed by atoms with Crippen molar-refractivity contribution in [2.75, 3.05) is 5.73 Å². The minimum absolute atomic E-state index is 0.0962. The van der Waals surface area contributed by atoms with Crippen molar-refractivity contribution in [3.8, 4) is 23.1 Å². The third-order valence-electron chi connectivity index (χ3n) is 3.21. The number of phenolic OH excluding ortho intramolecular Hbond substituents is 1. The van der Waals surface area contributed by atoms with E-state index in [0.717, 1.165) is 5.56 Å². The Balaban J connectivity index is 0.000000445. The van der Waals surface area contributed by atoms with E-state index in [2.05, 4.69) is 11.1 Å². The van der Waals surface area contributed by atoms with Crippen molar-refractivity contribution in [3.05, 3.63) is 41.5 Å². The van der Waals surface area contributed by atoms with Crippen LogP contribution in [0.25, 0.3) is 11.3 Å². The average Bonchev–Trinajstić information content (AvgIpc) is 2.54. The Labute approximate surface area is 152 Å². The predicted octanol–water partition coefficient (Wildman–Crippen LogP) is 2.43. The number of nitrogens with two attached hydrogens (primary N) is 2. The number of carboxylic acids is 1. The number of aromatic hydroxyl groups is 1. The molecule has 0 saturated carbocycles. The maximum Gasteiger partial charge on any atom is 0.490 e. The smallest absolute Gasteiger partial charge is 0.490 e. The van der Waals surface area contributed by atoms with Gasteiger partial charge in [0, 0.05) is 11.6 Å². The van der Waals surface area contributed by atoms with Gasteiger partial charge in [-0.1, -0.05) is 12.1 Å². The summed E-state index contributed by atoms with van der Waals surface area (Å²) in [6.45, 7) is 1.86. The summed E-state index contributed by atoms with van der Waals surface area (Å²) in [7, 11) is 0. The van der Waals surface area contributed by atoms with Crippen LogP contribution in [-0.2, 0) is 11.2 Å². The van der Waals surface area contributed by atoms with E-state index in [1.165, 1.54) is 0 Å². The van der Waals surface area contributed by atoms with E-state index < -0.39 is 12.1 Å². The molecule has 7 nitrogen and oxygen atoms in total. The fraction of sp³-hybridized carbons (Fsp3) is 0.235. The largest absolute Gasteiger partial charge is 0.507 e. The maximum absolute atomic E-state index is 10.6. The first-order valence-electron chi connectivity index (χ1n) is 7.50. The average molecular weight is 382 g/mol. The van der Waals surface area contributed by atoms with E-state index in [-0.39, 0.29) is 17.6 Å². The number of pyridine rings is 1. The quantitative estimate of drug-likeness (QED) is 0.637. The summed E-state index contributed by atoms with van der Waals surface area (Å²) in [6, 6.07) is 10.6. The summed E-state index contributed by atoms with van der Waals surface area (Å²) in [6.07, 6.45) is -4.56. The van der Waals surface area contributed by atoms with Gasteiger partial charge in [0.05, 0.1) is 11.3 Å².